The van der Waals surface area contributed by atoms with Crippen LogP contribution in [0.25, 0.3) is 12.2 Å². The van der Waals surface area contributed by atoms with Gasteiger partial charge in [-0.05, 0) is 35.4 Å². The van der Waals surface area contributed by atoms with E-state index >= 15 is 0 Å². The minimum Gasteiger partial charge on any atom is -0.748 e. The average Bonchev–Trinajstić information content (AvgIpc) is 3.18. The standard InChI is InChI=1S/C28H33N11O15S4.4Na/c40-14-20(42)13-31-26-36-25(29-7-9-55-53-51-43)38-28(39-26)33-19-6-4-17(22(12-19)58(48,49)50)2-1-16-3-5-18(11-21(16)56-54-52-44)32-27-35-23(15-41)34-24(37-27)30-8-10-57(45,46)47;;;;/h1-7,11-12,20,40-44H,8-10,13-15H2,(H,45,46,47)(H,48,49,50)(H2,30,32,34,35,37)(H2,31,33,36,38,39);;;;/q;4*+1/p-4/b2-1?,29-7-;;;;. The predicted molar refractivity (Wildman–Crippen MR) is 197 cm³/mol. The van der Waals surface area contributed by atoms with E-state index in [4.69, 9.17) is 5.11 Å². The van der Waals surface area contributed by atoms with Crippen LogP contribution in [0.3, 0.4) is 0 Å². The number of aliphatic hydroxyl groups is 3. The number of hydrogen-bond acceptors (Lipinski definition) is 28. The first-order valence-electron chi connectivity index (χ1n) is 15.7. The SMILES string of the molecule is O=S(=O)([O-])CCNc1nc(CO)nc(Nc2ccc(C=Cc3ccc(Nc4nc(/N=C\CSOO[O-])nc(NCC(O)CO)n4)cc3S(=O)(=O)[O-])c(SOO[O-])c2)n1.[Na+].[Na+].[Na+].[Na+]. The van der Waals surface area contributed by atoms with Crippen molar-refractivity contribution in [3.63, 3.8) is 0 Å². The summed E-state index contributed by atoms with van der Waals surface area (Å²) in [4.78, 5) is 27.9. The van der Waals surface area contributed by atoms with Gasteiger partial charge in [-0.25, -0.2) is 21.8 Å². The van der Waals surface area contributed by atoms with E-state index in [0.717, 1.165) is 6.07 Å². The summed E-state index contributed by atoms with van der Waals surface area (Å²) >= 11 is 1.08. The zero-order valence-electron chi connectivity index (χ0n) is 33.0. The predicted octanol–water partition coefficient (Wildman–Crippen LogP) is -13.3. The van der Waals surface area contributed by atoms with E-state index < -0.39 is 50.2 Å². The third-order valence-corrected chi connectivity index (χ3v) is 9.31. The third kappa shape index (κ3) is 22.1. The van der Waals surface area contributed by atoms with E-state index in [1.807, 2.05) is 0 Å². The summed E-state index contributed by atoms with van der Waals surface area (Å²) in [6.45, 7) is -1.68. The Morgan fingerprint density at radius 2 is 1.35 bits per heavy atom. The molecule has 4 aromatic rings. The van der Waals surface area contributed by atoms with Crippen LogP contribution >= 0.6 is 24.1 Å². The second kappa shape index (κ2) is 31.2. The molecule has 0 amide bonds. The summed E-state index contributed by atoms with van der Waals surface area (Å²) in [5.74, 6) is -1.57. The minimum absolute atomic E-state index is 0. The molecule has 0 fully saturated rings. The molecule has 0 aliphatic carbocycles. The number of rotatable bonds is 24. The van der Waals surface area contributed by atoms with E-state index in [9.17, 15) is 46.7 Å². The Hall–Kier alpha value is -0.770. The molecule has 1 atom stereocenters. The topological polar surface area (TPSA) is 396 Å². The average molecular weight is 980 g/mol. The smallest absolute Gasteiger partial charge is 0.748 e. The first-order chi connectivity index (χ1) is 27.7. The van der Waals surface area contributed by atoms with Crippen LogP contribution in [0.4, 0.5) is 41.1 Å². The van der Waals surface area contributed by atoms with Crippen molar-refractivity contribution >= 4 is 104 Å². The summed E-state index contributed by atoms with van der Waals surface area (Å²) < 4.78 is 78.7. The molecular formula is C28H29N11Na4O15S4. The number of aromatic nitrogens is 6. The maximum Gasteiger partial charge on any atom is 1.00 e. The van der Waals surface area contributed by atoms with Gasteiger partial charge in [-0.3, -0.25) is 10.1 Å². The molecule has 0 spiro atoms. The summed E-state index contributed by atoms with van der Waals surface area (Å²) in [6, 6.07) is 8.16. The molecule has 2 aromatic carbocycles. The molecule has 4 rings (SSSR count). The minimum atomic E-state index is -5.11. The zero-order chi connectivity index (χ0) is 42.1. The van der Waals surface area contributed by atoms with Crippen LogP contribution in [-0.4, -0.2) is 115 Å². The molecule has 0 saturated carbocycles. The van der Waals surface area contributed by atoms with Gasteiger partial charge in [0.2, 0.25) is 23.8 Å². The number of benzene rings is 2. The second-order valence-electron chi connectivity index (χ2n) is 10.7. The Morgan fingerprint density at radius 3 is 1.97 bits per heavy atom. The Morgan fingerprint density at radius 1 is 0.774 bits per heavy atom. The van der Waals surface area contributed by atoms with Crippen molar-refractivity contribution in [2.75, 3.05) is 52.5 Å². The molecule has 7 N–H and O–H groups in total. The van der Waals surface area contributed by atoms with Gasteiger partial charge < -0.3 is 56.2 Å². The summed E-state index contributed by atoms with van der Waals surface area (Å²) in [5, 5.41) is 66.6. The van der Waals surface area contributed by atoms with Crippen LogP contribution in [0, 0.1) is 0 Å². The van der Waals surface area contributed by atoms with Gasteiger partial charge in [0.25, 0.3) is 5.95 Å². The van der Waals surface area contributed by atoms with Crippen LogP contribution < -0.4 is 150 Å². The van der Waals surface area contributed by atoms with Crippen LogP contribution in [0.1, 0.15) is 17.0 Å². The molecule has 314 valence electrons. The van der Waals surface area contributed by atoms with E-state index in [1.165, 1.54) is 48.7 Å². The number of aliphatic imine (C=N–C) groups is 1. The largest absolute Gasteiger partial charge is 1.00 e. The Bertz CT molecular complexity index is 2300. The van der Waals surface area contributed by atoms with Crippen LogP contribution in [-0.2, 0) is 45.6 Å². The molecule has 0 aliphatic heterocycles. The van der Waals surface area contributed by atoms with Crippen molar-refractivity contribution in [1.29, 1.82) is 0 Å². The molecule has 26 nitrogen and oxygen atoms in total. The van der Waals surface area contributed by atoms with Crippen molar-refractivity contribution in [3.05, 3.63) is 53.3 Å². The van der Waals surface area contributed by atoms with Gasteiger partial charge in [-0.15, -0.1) is 0 Å². The maximum atomic E-state index is 12.4. The van der Waals surface area contributed by atoms with Crippen molar-refractivity contribution in [2.24, 2.45) is 4.99 Å². The van der Waals surface area contributed by atoms with Gasteiger partial charge in [0.15, 0.2) is 5.82 Å². The van der Waals surface area contributed by atoms with E-state index in [2.05, 4.69) is 74.9 Å². The van der Waals surface area contributed by atoms with Crippen molar-refractivity contribution in [3.8, 4) is 0 Å². The molecule has 0 saturated heterocycles. The van der Waals surface area contributed by atoms with Gasteiger partial charge in [0.1, 0.15) is 16.7 Å². The molecular weight excluding hydrogens is 951 g/mol. The molecule has 1 unspecified atom stereocenters. The van der Waals surface area contributed by atoms with Gasteiger partial charge in [-0.1, -0.05) is 24.3 Å². The van der Waals surface area contributed by atoms with E-state index in [1.54, 1.807) is 0 Å². The molecule has 2 aromatic heterocycles. The van der Waals surface area contributed by atoms with Crippen LogP contribution in [0.15, 0.2) is 51.2 Å². The Labute approximate surface area is 450 Å². The molecule has 34 heteroatoms. The number of anilines is 6. The second-order valence-corrected chi connectivity index (χ2v) is 15.1. The molecule has 0 aliphatic rings. The monoisotopic (exact) mass is 979 g/mol. The van der Waals surface area contributed by atoms with E-state index in [0.29, 0.717) is 29.6 Å². The van der Waals surface area contributed by atoms with Crippen LogP contribution in [0.5, 0.6) is 0 Å². The summed E-state index contributed by atoms with van der Waals surface area (Å²) in [5.41, 5.74) is 0.587. The van der Waals surface area contributed by atoms with Crippen molar-refractivity contribution < 1.29 is 189 Å². The van der Waals surface area contributed by atoms with Gasteiger partial charge >= 0.3 is 118 Å². The van der Waals surface area contributed by atoms with Crippen LogP contribution in [0.2, 0.25) is 0 Å². The third-order valence-electron chi connectivity index (χ3n) is 6.62. The number of nitrogens with one attached hydrogen (secondary N) is 4. The van der Waals surface area contributed by atoms with Gasteiger partial charge in [0.05, 0.1) is 51.3 Å². The van der Waals surface area contributed by atoms with Crippen molar-refractivity contribution in [2.45, 2.75) is 22.5 Å². The van der Waals surface area contributed by atoms with Gasteiger partial charge in [-0.2, -0.15) is 38.6 Å². The zero-order valence-corrected chi connectivity index (χ0v) is 44.3. The van der Waals surface area contributed by atoms with Gasteiger partial charge in [0, 0.05) is 47.6 Å². The fraction of sp³-hybridized carbons (Fsp3) is 0.250. The Balaban J connectivity index is 0.00000930. The summed E-state index contributed by atoms with van der Waals surface area (Å²) in [6.07, 6.45) is 2.79. The fourth-order valence-corrected chi connectivity index (χ4v) is 6.00. The van der Waals surface area contributed by atoms with E-state index in [-0.39, 0.29) is 194 Å². The molecule has 2 heterocycles. The first kappa shape index (κ1) is 61.2. The number of nitrogens with zero attached hydrogens (tertiary/aromatic N) is 7. The quantitative estimate of drug-likeness (QED) is 0.00501. The van der Waals surface area contributed by atoms with Crippen molar-refractivity contribution in [1.82, 2.24) is 29.9 Å². The number of hydrogen-bond donors (Lipinski definition) is 7. The molecule has 0 bridgehead atoms. The summed E-state index contributed by atoms with van der Waals surface area (Å²) in [7, 11) is -9.64. The molecule has 0 radical (unpaired) electrons. The molecule has 62 heavy (non-hydrogen) atoms. The maximum absolute atomic E-state index is 12.4. The fourth-order valence-electron chi connectivity index (χ4n) is 4.22. The number of aliphatic hydroxyl groups excluding tert-OH is 3. The normalized spacial score (nSPS) is 11.8. The Kier molecular flexibility index (Phi) is 30.9. The first-order valence-corrected chi connectivity index (χ1v) is 20.4.